The van der Waals surface area contributed by atoms with Gasteiger partial charge in [-0.2, -0.15) is 13.2 Å². The first-order valence-electron chi connectivity index (χ1n) is 7.86. The van der Waals surface area contributed by atoms with E-state index in [1.165, 1.54) is 25.3 Å². The van der Waals surface area contributed by atoms with Crippen molar-refractivity contribution in [3.8, 4) is 16.9 Å². The average molecular weight is 412 g/mol. The second-order valence-electron chi connectivity index (χ2n) is 5.80. The number of H-pyrrole nitrogens is 1. The molecule has 0 bridgehead atoms. The van der Waals surface area contributed by atoms with Crippen LogP contribution in [0.3, 0.4) is 0 Å². The predicted octanol–water partition coefficient (Wildman–Crippen LogP) is 4.66. The average Bonchev–Trinajstić information content (AvgIpc) is 2.65. The van der Waals surface area contributed by atoms with Gasteiger partial charge in [-0.05, 0) is 36.4 Å². The zero-order valence-corrected chi connectivity index (χ0v) is 15.4. The van der Waals surface area contributed by atoms with Crippen molar-refractivity contribution < 1.29 is 27.4 Å². The summed E-state index contributed by atoms with van der Waals surface area (Å²) >= 11 is 6.05. The van der Waals surface area contributed by atoms with E-state index in [2.05, 4.69) is 9.72 Å². The van der Waals surface area contributed by atoms with Crippen LogP contribution in [0.4, 0.5) is 13.2 Å². The molecule has 0 amide bonds. The number of esters is 1. The highest BCUT2D eigenvalue weighted by Crippen LogP contribution is 2.40. The summed E-state index contributed by atoms with van der Waals surface area (Å²) in [6.45, 7) is 0. The molecule has 5 nitrogen and oxygen atoms in total. The molecule has 0 fully saturated rings. The van der Waals surface area contributed by atoms with Crippen LogP contribution >= 0.6 is 11.6 Å². The number of alkyl halides is 3. The van der Waals surface area contributed by atoms with Gasteiger partial charge in [0.05, 0.1) is 19.8 Å². The Hall–Kier alpha value is -3.00. The molecule has 0 saturated heterocycles. The standard InChI is InChI=1S/C19H13ClF3NO4/c1-27-14-6-4-10(20)8-12(14)15-11-7-9(19(21,22)23)3-5-13(11)24-17(25)16(15)18(26)28-2/h3-8H,1-2H3,(H,24,25). The Balaban J connectivity index is 2.55. The minimum Gasteiger partial charge on any atom is -0.496 e. The van der Waals surface area contributed by atoms with Crippen molar-refractivity contribution in [3.05, 3.63) is 62.9 Å². The monoisotopic (exact) mass is 411 g/mol. The Bertz CT molecular complexity index is 1140. The van der Waals surface area contributed by atoms with Gasteiger partial charge >= 0.3 is 12.1 Å². The second kappa shape index (κ2) is 7.20. The first-order chi connectivity index (χ1) is 13.2. The van der Waals surface area contributed by atoms with Crippen molar-refractivity contribution in [1.82, 2.24) is 4.98 Å². The van der Waals surface area contributed by atoms with Gasteiger partial charge in [-0.25, -0.2) is 4.79 Å². The fraction of sp³-hybridized carbons (Fsp3) is 0.158. The minimum atomic E-state index is -4.62. The molecule has 0 radical (unpaired) electrons. The molecule has 1 N–H and O–H groups in total. The zero-order valence-electron chi connectivity index (χ0n) is 14.6. The molecule has 1 aromatic heterocycles. The number of hydrogen-bond acceptors (Lipinski definition) is 4. The summed E-state index contributed by atoms with van der Waals surface area (Å²) in [5, 5.41) is 0.238. The number of fused-ring (bicyclic) bond motifs is 1. The molecule has 0 unspecified atom stereocenters. The van der Waals surface area contributed by atoms with Gasteiger partial charge in [-0.1, -0.05) is 11.6 Å². The Morgan fingerprint density at radius 2 is 1.82 bits per heavy atom. The summed E-state index contributed by atoms with van der Waals surface area (Å²) in [6.07, 6.45) is -4.62. The lowest BCUT2D eigenvalue weighted by molar-refractivity contribution is -0.137. The van der Waals surface area contributed by atoms with Gasteiger partial charge in [0.2, 0.25) is 0 Å². The molecular formula is C19H13ClF3NO4. The number of halogens is 4. The molecule has 9 heteroatoms. The number of pyridine rings is 1. The molecular weight excluding hydrogens is 399 g/mol. The van der Waals surface area contributed by atoms with Crippen molar-refractivity contribution >= 4 is 28.5 Å². The Morgan fingerprint density at radius 1 is 1.11 bits per heavy atom. The zero-order chi connectivity index (χ0) is 20.6. The molecule has 3 aromatic rings. The highest BCUT2D eigenvalue weighted by molar-refractivity contribution is 6.31. The Labute approximate surface area is 161 Å². The molecule has 2 aromatic carbocycles. The first kappa shape index (κ1) is 19.8. The number of nitrogens with one attached hydrogen (secondary N) is 1. The fourth-order valence-electron chi connectivity index (χ4n) is 2.92. The normalized spacial score (nSPS) is 11.5. The lowest BCUT2D eigenvalue weighted by atomic mass is 9.94. The third-order valence-corrected chi connectivity index (χ3v) is 4.40. The van der Waals surface area contributed by atoms with E-state index in [1.54, 1.807) is 0 Å². The van der Waals surface area contributed by atoms with Crippen molar-refractivity contribution in [2.45, 2.75) is 6.18 Å². The number of benzene rings is 2. The smallest absolute Gasteiger partial charge is 0.416 e. The highest BCUT2D eigenvalue weighted by Gasteiger charge is 2.32. The molecule has 3 rings (SSSR count). The number of ether oxygens (including phenoxy) is 2. The number of carbonyl (C=O) groups is 1. The lowest BCUT2D eigenvalue weighted by Gasteiger charge is -2.16. The Morgan fingerprint density at radius 3 is 2.43 bits per heavy atom. The first-order valence-corrected chi connectivity index (χ1v) is 8.24. The quantitative estimate of drug-likeness (QED) is 0.636. The number of hydrogen-bond donors (Lipinski definition) is 1. The van der Waals surface area contributed by atoms with Gasteiger partial charge in [0, 0.05) is 27.1 Å². The van der Waals surface area contributed by atoms with Crippen LogP contribution in [0.1, 0.15) is 15.9 Å². The van der Waals surface area contributed by atoms with Crippen LogP contribution in [-0.2, 0) is 10.9 Å². The molecule has 0 saturated carbocycles. The summed E-state index contributed by atoms with van der Waals surface area (Å²) in [4.78, 5) is 27.3. The number of carbonyl (C=O) groups excluding carboxylic acids is 1. The van der Waals surface area contributed by atoms with Crippen molar-refractivity contribution in [2.75, 3.05) is 14.2 Å². The second-order valence-corrected chi connectivity index (χ2v) is 6.23. The summed E-state index contributed by atoms with van der Waals surface area (Å²) in [7, 11) is 2.41. The van der Waals surface area contributed by atoms with Gasteiger partial charge in [-0.15, -0.1) is 0 Å². The van der Waals surface area contributed by atoms with E-state index in [1.807, 2.05) is 0 Å². The summed E-state index contributed by atoms with van der Waals surface area (Å²) < 4.78 is 49.7. The molecule has 0 atom stereocenters. The fourth-order valence-corrected chi connectivity index (χ4v) is 3.09. The van der Waals surface area contributed by atoms with Crippen molar-refractivity contribution in [1.29, 1.82) is 0 Å². The van der Waals surface area contributed by atoms with Crippen LogP contribution in [-0.4, -0.2) is 25.2 Å². The molecule has 28 heavy (non-hydrogen) atoms. The SMILES string of the molecule is COC(=O)c1c(-c2cc(Cl)ccc2OC)c2cc(C(F)(F)F)ccc2[nH]c1=O. The summed E-state index contributed by atoms with van der Waals surface area (Å²) in [6, 6.07) is 7.22. The van der Waals surface area contributed by atoms with Crippen LogP contribution in [0.25, 0.3) is 22.0 Å². The highest BCUT2D eigenvalue weighted by atomic mass is 35.5. The van der Waals surface area contributed by atoms with Gasteiger partial charge in [0.1, 0.15) is 11.3 Å². The molecule has 0 aliphatic rings. The number of aromatic amines is 1. The van der Waals surface area contributed by atoms with Gasteiger partial charge in [-0.3, -0.25) is 4.79 Å². The molecule has 0 aliphatic heterocycles. The van der Waals surface area contributed by atoms with Crippen molar-refractivity contribution in [3.63, 3.8) is 0 Å². The third kappa shape index (κ3) is 3.43. The maximum atomic E-state index is 13.3. The minimum absolute atomic E-state index is 0.00427. The van der Waals surface area contributed by atoms with E-state index in [9.17, 15) is 22.8 Å². The largest absolute Gasteiger partial charge is 0.496 e. The number of rotatable bonds is 3. The van der Waals surface area contributed by atoms with E-state index in [4.69, 9.17) is 16.3 Å². The predicted molar refractivity (Wildman–Crippen MR) is 97.9 cm³/mol. The number of methoxy groups -OCH3 is 2. The van der Waals surface area contributed by atoms with Crippen LogP contribution in [0.2, 0.25) is 5.02 Å². The molecule has 146 valence electrons. The number of aromatic nitrogens is 1. The molecule has 0 spiro atoms. The third-order valence-electron chi connectivity index (χ3n) is 4.16. The van der Waals surface area contributed by atoms with E-state index >= 15 is 0 Å². The Kier molecular flexibility index (Phi) is 5.08. The van der Waals surface area contributed by atoms with Crippen LogP contribution in [0.15, 0.2) is 41.2 Å². The summed E-state index contributed by atoms with van der Waals surface area (Å²) in [5.41, 5.74) is -1.96. The lowest BCUT2D eigenvalue weighted by Crippen LogP contribution is -2.21. The van der Waals surface area contributed by atoms with E-state index in [0.717, 1.165) is 25.3 Å². The van der Waals surface area contributed by atoms with Crippen LogP contribution in [0.5, 0.6) is 5.75 Å². The maximum Gasteiger partial charge on any atom is 0.416 e. The van der Waals surface area contributed by atoms with Crippen molar-refractivity contribution in [2.24, 2.45) is 0 Å². The van der Waals surface area contributed by atoms with E-state index in [0.29, 0.717) is 0 Å². The van der Waals surface area contributed by atoms with Gasteiger partial charge < -0.3 is 14.5 Å². The topological polar surface area (TPSA) is 68.4 Å². The van der Waals surface area contributed by atoms with Crippen LogP contribution < -0.4 is 10.3 Å². The summed E-state index contributed by atoms with van der Waals surface area (Å²) in [5.74, 6) is -0.781. The van der Waals surface area contributed by atoms with Crippen LogP contribution in [0, 0.1) is 0 Å². The molecule has 1 heterocycles. The van der Waals surface area contributed by atoms with E-state index in [-0.39, 0.29) is 32.8 Å². The maximum absolute atomic E-state index is 13.3. The van der Waals surface area contributed by atoms with Gasteiger partial charge in [0.25, 0.3) is 5.56 Å². The van der Waals surface area contributed by atoms with Gasteiger partial charge in [0.15, 0.2) is 0 Å². The van der Waals surface area contributed by atoms with E-state index < -0.39 is 28.8 Å². The molecule has 0 aliphatic carbocycles.